The number of hydrogen-bond donors (Lipinski definition) is 0. The van der Waals surface area contributed by atoms with Crippen LogP contribution in [0.2, 0.25) is 0 Å². The topological polar surface area (TPSA) is 61.6 Å². The summed E-state index contributed by atoms with van der Waals surface area (Å²) in [6.45, 7) is 6.21. The highest BCUT2D eigenvalue weighted by atomic mass is 16.5. The fourth-order valence-corrected chi connectivity index (χ4v) is 2.58. The Balaban J connectivity index is 1.89. The Morgan fingerprint density at radius 2 is 2.08 bits per heavy atom. The van der Waals surface area contributed by atoms with Crippen LogP contribution in [-0.4, -0.2) is 17.6 Å². The Bertz CT molecular complexity index is 882. The molecule has 0 N–H and O–H groups in total. The van der Waals surface area contributed by atoms with E-state index in [0.717, 1.165) is 11.3 Å². The predicted octanol–water partition coefficient (Wildman–Crippen LogP) is 4.20. The number of furan rings is 1. The number of ether oxygens (including phenoxy) is 2. The normalized spacial score (nSPS) is 10.8. The lowest BCUT2D eigenvalue weighted by Crippen LogP contribution is -2.05. The van der Waals surface area contributed by atoms with Gasteiger partial charge >= 0.3 is 5.97 Å². The van der Waals surface area contributed by atoms with E-state index in [-0.39, 0.29) is 5.97 Å². The Morgan fingerprint density at radius 3 is 2.83 bits per heavy atom. The number of aryl methyl sites for hydroxylation is 2. The number of pyridine rings is 1. The molecule has 0 saturated heterocycles. The van der Waals surface area contributed by atoms with Crippen LogP contribution in [0.4, 0.5) is 0 Å². The molecule has 5 nitrogen and oxygen atoms in total. The molecule has 2 aromatic heterocycles. The minimum absolute atomic E-state index is 0.321. The highest BCUT2D eigenvalue weighted by molar-refractivity contribution is 6.04. The SMILES string of the molecule is CCOC(=O)c1c(C)oc2ccc(OCc3cccnc3C)cc12. The quantitative estimate of drug-likeness (QED) is 0.658. The number of carbonyl (C=O) groups excluding carboxylic acids is 1. The van der Waals surface area contributed by atoms with Crippen LogP contribution in [-0.2, 0) is 11.3 Å². The molecular weight excluding hydrogens is 306 g/mol. The zero-order valence-electron chi connectivity index (χ0n) is 14.0. The molecule has 0 aliphatic carbocycles. The molecule has 0 spiro atoms. The molecule has 3 rings (SSSR count). The summed E-state index contributed by atoms with van der Waals surface area (Å²) < 4.78 is 16.6. The third kappa shape index (κ3) is 3.11. The van der Waals surface area contributed by atoms with E-state index in [2.05, 4.69) is 4.98 Å². The maximum absolute atomic E-state index is 12.1. The zero-order chi connectivity index (χ0) is 17.1. The summed E-state index contributed by atoms with van der Waals surface area (Å²) in [6, 6.07) is 9.30. The second kappa shape index (κ2) is 6.74. The van der Waals surface area contributed by atoms with E-state index >= 15 is 0 Å². The van der Waals surface area contributed by atoms with Crippen LogP contribution in [0, 0.1) is 13.8 Å². The monoisotopic (exact) mass is 325 g/mol. The fourth-order valence-electron chi connectivity index (χ4n) is 2.58. The molecule has 124 valence electrons. The number of rotatable bonds is 5. The second-order valence-electron chi connectivity index (χ2n) is 5.45. The van der Waals surface area contributed by atoms with Gasteiger partial charge in [-0.15, -0.1) is 0 Å². The summed E-state index contributed by atoms with van der Waals surface area (Å²) in [6.07, 6.45) is 1.75. The van der Waals surface area contributed by atoms with E-state index < -0.39 is 0 Å². The van der Waals surface area contributed by atoms with Gasteiger partial charge in [0.2, 0.25) is 0 Å². The average Bonchev–Trinajstić information content (AvgIpc) is 2.89. The molecule has 0 saturated carbocycles. The number of esters is 1. The summed E-state index contributed by atoms with van der Waals surface area (Å²) in [5.74, 6) is 0.829. The summed E-state index contributed by atoms with van der Waals surface area (Å²) in [5, 5.41) is 0.700. The van der Waals surface area contributed by atoms with E-state index in [4.69, 9.17) is 13.9 Å². The highest BCUT2D eigenvalue weighted by Gasteiger charge is 2.19. The Hall–Kier alpha value is -2.82. The maximum Gasteiger partial charge on any atom is 0.342 e. The molecule has 0 radical (unpaired) electrons. The minimum atomic E-state index is -0.381. The second-order valence-corrected chi connectivity index (χ2v) is 5.45. The molecular formula is C19H19NO4. The van der Waals surface area contributed by atoms with Crippen LogP contribution in [0.15, 0.2) is 40.9 Å². The van der Waals surface area contributed by atoms with Crippen LogP contribution in [0.25, 0.3) is 11.0 Å². The van der Waals surface area contributed by atoms with E-state index in [1.807, 2.05) is 31.2 Å². The van der Waals surface area contributed by atoms with Crippen molar-refractivity contribution in [2.75, 3.05) is 6.61 Å². The van der Waals surface area contributed by atoms with Crippen molar-refractivity contribution >= 4 is 16.9 Å². The largest absolute Gasteiger partial charge is 0.489 e. The van der Waals surface area contributed by atoms with Gasteiger partial charge in [-0.1, -0.05) is 6.07 Å². The summed E-state index contributed by atoms with van der Waals surface area (Å²) >= 11 is 0. The molecule has 0 aliphatic heterocycles. The Kier molecular flexibility index (Phi) is 4.51. The zero-order valence-corrected chi connectivity index (χ0v) is 14.0. The van der Waals surface area contributed by atoms with Gasteiger partial charge in [0.15, 0.2) is 0 Å². The van der Waals surface area contributed by atoms with Gasteiger partial charge in [-0.25, -0.2) is 4.79 Å². The standard InChI is InChI=1S/C19H19NO4/c1-4-22-19(21)18-13(3)24-17-8-7-15(10-16(17)18)23-11-14-6-5-9-20-12(14)2/h5-10H,4,11H2,1-3H3. The number of benzene rings is 1. The van der Waals surface area contributed by atoms with Gasteiger partial charge in [0, 0.05) is 22.8 Å². The van der Waals surface area contributed by atoms with Crippen molar-refractivity contribution in [2.45, 2.75) is 27.4 Å². The van der Waals surface area contributed by atoms with Crippen molar-refractivity contribution in [1.29, 1.82) is 0 Å². The number of carbonyl (C=O) groups is 1. The van der Waals surface area contributed by atoms with E-state index in [1.54, 1.807) is 26.1 Å². The molecule has 0 unspecified atom stereocenters. The van der Waals surface area contributed by atoms with E-state index in [0.29, 0.717) is 41.3 Å². The molecule has 0 fully saturated rings. The number of nitrogens with zero attached hydrogens (tertiary/aromatic N) is 1. The summed E-state index contributed by atoms with van der Waals surface area (Å²) in [7, 11) is 0. The van der Waals surface area contributed by atoms with Crippen LogP contribution < -0.4 is 4.74 Å². The first-order chi connectivity index (χ1) is 11.6. The van der Waals surface area contributed by atoms with Crippen LogP contribution in [0.3, 0.4) is 0 Å². The molecule has 5 heteroatoms. The lowest BCUT2D eigenvalue weighted by Gasteiger charge is -2.08. The van der Waals surface area contributed by atoms with Crippen molar-refractivity contribution in [2.24, 2.45) is 0 Å². The predicted molar refractivity (Wildman–Crippen MR) is 90.2 cm³/mol. The van der Waals surface area contributed by atoms with Gasteiger partial charge < -0.3 is 13.9 Å². The lowest BCUT2D eigenvalue weighted by atomic mass is 10.1. The molecule has 3 aromatic rings. The lowest BCUT2D eigenvalue weighted by molar-refractivity contribution is 0.0526. The van der Waals surface area contributed by atoms with Gasteiger partial charge in [-0.2, -0.15) is 0 Å². The smallest absolute Gasteiger partial charge is 0.342 e. The fraction of sp³-hybridized carbons (Fsp3) is 0.263. The molecule has 0 aliphatic rings. The van der Waals surface area contributed by atoms with Gasteiger partial charge in [0.25, 0.3) is 0 Å². The van der Waals surface area contributed by atoms with Crippen LogP contribution in [0.5, 0.6) is 5.75 Å². The van der Waals surface area contributed by atoms with Crippen LogP contribution >= 0.6 is 0 Å². The van der Waals surface area contributed by atoms with Gasteiger partial charge in [-0.3, -0.25) is 4.98 Å². The molecule has 2 heterocycles. The first-order valence-electron chi connectivity index (χ1n) is 7.83. The Morgan fingerprint density at radius 1 is 1.25 bits per heavy atom. The first kappa shape index (κ1) is 16.1. The highest BCUT2D eigenvalue weighted by Crippen LogP contribution is 2.30. The maximum atomic E-state index is 12.1. The molecule has 0 atom stereocenters. The van der Waals surface area contributed by atoms with Crippen molar-refractivity contribution in [3.05, 3.63) is 59.1 Å². The Labute approximate surface area is 140 Å². The molecule has 24 heavy (non-hydrogen) atoms. The molecule has 0 amide bonds. The van der Waals surface area contributed by atoms with Gasteiger partial charge in [-0.05, 0) is 45.0 Å². The van der Waals surface area contributed by atoms with Crippen molar-refractivity contribution in [1.82, 2.24) is 4.98 Å². The van der Waals surface area contributed by atoms with E-state index in [1.165, 1.54) is 0 Å². The minimum Gasteiger partial charge on any atom is -0.489 e. The number of hydrogen-bond acceptors (Lipinski definition) is 5. The third-order valence-electron chi connectivity index (χ3n) is 3.83. The van der Waals surface area contributed by atoms with Gasteiger partial charge in [0.1, 0.15) is 29.3 Å². The number of aromatic nitrogens is 1. The van der Waals surface area contributed by atoms with Crippen molar-refractivity contribution < 1.29 is 18.7 Å². The van der Waals surface area contributed by atoms with Crippen molar-refractivity contribution in [3.63, 3.8) is 0 Å². The summed E-state index contributed by atoms with van der Waals surface area (Å²) in [5.41, 5.74) is 3.05. The van der Waals surface area contributed by atoms with E-state index in [9.17, 15) is 4.79 Å². The van der Waals surface area contributed by atoms with Crippen LogP contribution in [0.1, 0.15) is 34.3 Å². The molecule has 1 aromatic carbocycles. The molecule has 0 bridgehead atoms. The van der Waals surface area contributed by atoms with Crippen molar-refractivity contribution in [3.8, 4) is 5.75 Å². The van der Waals surface area contributed by atoms with Gasteiger partial charge in [0.05, 0.1) is 6.61 Å². The first-order valence-corrected chi connectivity index (χ1v) is 7.83. The summed E-state index contributed by atoms with van der Waals surface area (Å²) in [4.78, 5) is 16.4. The third-order valence-corrected chi connectivity index (χ3v) is 3.83. The number of fused-ring (bicyclic) bond motifs is 1. The average molecular weight is 325 g/mol.